The highest BCUT2D eigenvalue weighted by Crippen LogP contribution is 2.47. The Kier molecular flexibility index (Phi) is 17.0. The van der Waals surface area contributed by atoms with Crippen molar-refractivity contribution in [1.82, 2.24) is 29.9 Å². The van der Waals surface area contributed by atoms with Crippen LogP contribution in [-0.2, 0) is 43.5 Å². The number of rotatable bonds is 14. The summed E-state index contributed by atoms with van der Waals surface area (Å²) >= 11 is 0. The molecular formula is C58H50F8N6O8S2. The largest absolute Gasteiger partial charge is 0.493 e. The second kappa shape index (κ2) is 23.8. The lowest BCUT2D eigenvalue weighted by atomic mass is 9.82. The Morgan fingerprint density at radius 1 is 0.488 bits per heavy atom. The molecular weight excluding hydrogens is 1120 g/mol. The first-order chi connectivity index (χ1) is 38.8. The van der Waals surface area contributed by atoms with Crippen LogP contribution in [0.5, 0.6) is 23.3 Å². The highest BCUT2D eigenvalue weighted by atomic mass is 32.2. The van der Waals surface area contributed by atoms with Crippen LogP contribution in [-0.4, -0.2) is 72.2 Å². The average Bonchev–Trinajstić information content (AvgIpc) is 3.53. The molecule has 82 heavy (non-hydrogen) atoms. The van der Waals surface area contributed by atoms with Gasteiger partial charge in [-0.15, -0.1) is 0 Å². The molecule has 0 fully saturated rings. The Labute approximate surface area is 466 Å². The first-order valence-corrected chi connectivity index (χ1v) is 28.7. The lowest BCUT2D eigenvalue weighted by Crippen LogP contribution is -2.17. The molecule has 0 unspecified atom stereocenters. The minimum atomic E-state index is -4.55. The van der Waals surface area contributed by atoms with Crippen molar-refractivity contribution < 1.29 is 70.9 Å². The van der Waals surface area contributed by atoms with Crippen LogP contribution in [0.2, 0.25) is 0 Å². The summed E-state index contributed by atoms with van der Waals surface area (Å²) in [6.45, 7) is 7.82. The molecule has 0 spiro atoms. The van der Waals surface area contributed by atoms with Crippen molar-refractivity contribution in [3.8, 4) is 45.5 Å². The molecule has 0 amide bonds. The molecule has 0 aliphatic carbocycles. The van der Waals surface area contributed by atoms with Gasteiger partial charge in [-0.2, -0.15) is 26.3 Å². The first-order valence-electron chi connectivity index (χ1n) is 25.4. The number of hydrogen-bond acceptors (Lipinski definition) is 14. The fourth-order valence-corrected chi connectivity index (χ4v) is 11.8. The third-order valence-corrected chi connectivity index (χ3v) is 16.3. The predicted molar refractivity (Wildman–Crippen MR) is 283 cm³/mol. The van der Waals surface area contributed by atoms with Gasteiger partial charge in [-0.05, 0) is 123 Å². The van der Waals surface area contributed by atoms with E-state index in [-0.39, 0.29) is 58.7 Å². The number of hydrogen-bond donors (Lipinski definition) is 0. The van der Waals surface area contributed by atoms with Crippen LogP contribution in [0.3, 0.4) is 0 Å². The van der Waals surface area contributed by atoms with Crippen LogP contribution in [0.4, 0.5) is 35.1 Å². The third kappa shape index (κ3) is 13.8. The monoisotopic (exact) mass is 1170 g/mol. The van der Waals surface area contributed by atoms with Gasteiger partial charge in [-0.25, -0.2) is 55.5 Å². The summed E-state index contributed by atoms with van der Waals surface area (Å²) in [6.07, 6.45) is -1.90. The molecule has 428 valence electrons. The number of fused-ring (bicyclic) bond motifs is 2. The lowest BCUT2D eigenvalue weighted by Gasteiger charge is -2.29. The zero-order valence-corrected chi connectivity index (χ0v) is 45.7. The van der Waals surface area contributed by atoms with E-state index in [1.54, 1.807) is 36.4 Å². The van der Waals surface area contributed by atoms with Gasteiger partial charge in [0.25, 0.3) is 0 Å². The molecule has 4 aromatic carbocycles. The molecule has 2 aliphatic rings. The maximum atomic E-state index is 13.7. The zero-order valence-electron chi connectivity index (χ0n) is 44.0. The summed E-state index contributed by atoms with van der Waals surface area (Å²) in [6, 6.07) is 22.6. The van der Waals surface area contributed by atoms with Crippen molar-refractivity contribution >= 4 is 19.7 Å². The number of nitrogens with zero attached hydrogens (tertiary/aromatic N) is 6. The van der Waals surface area contributed by atoms with E-state index >= 15 is 0 Å². The molecule has 2 atom stereocenters. The zero-order chi connectivity index (χ0) is 58.7. The van der Waals surface area contributed by atoms with Crippen LogP contribution < -0.4 is 18.9 Å². The quantitative estimate of drug-likeness (QED) is 0.0937. The summed E-state index contributed by atoms with van der Waals surface area (Å²) in [5.74, 6) is -1.98. The summed E-state index contributed by atoms with van der Waals surface area (Å²) in [5, 5.41) is 0. The highest BCUT2D eigenvalue weighted by Gasteiger charge is 2.36. The van der Waals surface area contributed by atoms with Gasteiger partial charge in [-0.3, -0.25) is 0 Å². The van der Waals surface area contributed by atoms with Crippen molar-refractivity contribution in [2.45, 2.75) is 98.2 Å². The SMILES string of the molecule is CC(C)Oc1ccc(-c2cc(C(F)(F)F)ccc2[C@@H]2CCOc3cc(S(=O)(=O)Cc4ncc(F)cn4)ccc32)cn1.CC(C)Oc1ccc(-c2cc(C(F)(F)F)ccc2[C@H]2CCOc3cc(S(=O)(=O)Cc4ncc(F)cn4)ccc32)cn1. The molecule has 6 heterocycles. The molecule has 2 aliphatic heterocycles. The number of ether oxygens (including phenoxy) is 4. The molecule has 0 N–H and O–H groups in total. The van der Waals surface area contributed by atoms with Gasteiger partial charge in [0.1, 0.15) is 34.7 Å². The smallest absolute Gasteiger partial charge is 0.416 e. The van der Waals surface area contributed by atoms with Crippen LogP contribution in [0, 0.1) is 11.6 Å². The number of halogens is 8. The van der Waals surface area contributed by atoms with E-state index in [2.05, 4.69) is 29.9 Å². The minimum Gasteiger partial charge on any atom is -0.493 e. The maximum absolute atomic E-state index is 13.7. The topological polar surface area (TPSA) is 183 Å². The van der Waals surface area contributed by atoms with E-state index in [9.17, 15) is 52.0 Å². The molecule has 0 saturated heterocycles. The third-order valence-electron chi connectivity index (χ3n) is 13.1. The Bertz CT molecular complexity index is 3570. The van der Waals surface area contributed by atoms with Gasteiger partial charge in [0.15, 0.2) is 31.3 Å². The first kappa shape index (κ1) is 58.5. The number of alkyl halides is 6. The lowest BCUT2D eigenvalue weighted by molar-refractivity contribution is -0.138. The van der Waals surface area contributed by atoms with E-state index in [1.165, 1.54) is 48.8 Å². The summed E-state index contributed by atoms with van der Waals surface area (Å²) in [4.78, 5) is 23.3. The van der Waals surface area contributed by atoms with E-state index < -0.39 is 66.3 Å². The van der Waals surface area contributed by atoms with Crippen LogP contribution >= 0.6 is 0 Å². The van der Waals surface area contributed by atoms with Crippen molar-refractivity contribution in [2.24, 2.45) is 0 Å². The van der Waals surface area contributed by atoms with Crippen LogP contribution in [0.15, 0.2) is 144 Å². The predicted octanol–water partition coefficient (Wildman–Crippen LogP) is 12.7. The number of pyridine rings is 2. The fourth-order valence-electron chi connectivity index (χ4n) is 9.38. The average molecular weight is 1180 g/mol. The van der Waals surface area contributed by atoms with E-state index in [0.717, 1.165) is 49.1 Å². The van der Waals surface area contributed by atoms with Crippen LogP contribution in [0.25, 0.3) is 22.3 Å². The van der Waals surface area contributed by atoms with Gasteiger partial charge < -0.3 is 18.9 Å². The van der Waals surface area contributed by atoms with E-state index in [1.807, 2.05) is 27.7 Å². The number of sulfone groups is 2. The van der Waals surface area contributed by atoms with E-state index in [4.69, 9.17) is 18.9 Å². The molecule has 4 aromatic heterocycles. The van der Waals surface area contributed by atoms with Crippen molar-refractivity contribution in [3.05, 3.63) is 191 Å². The van der Waals surface area contributed by atoms with Gasteiger partial charge in [-0.1, -0.05) is 24.3 Å². The molecule has 8 aromatic rings. The molecule has 24 heteroatoms. The molecule has 0 radical (unpaired) electrons. The fraction of sp³-hybridized carbons (Fsp3) is 0.276. The Hall–Kier alpha value is -8.12. The maximum Gasteiger partial charge on any atom is 0.416 e. The van der Waals surface area contributed by atoms with Crippen molar-refractivity contribution in [3.63, 3.8) is 0 Å². The Morgan fingerprint density at radius 3 is 1.18 bits per heavy atom. The summed E-state index contributed by atoms with van der Waals surface area (Å²) < 4.78 is 183. The molecule has 14 nitrogen and oxygen atoms in total. The summed E-state index contributed by atoms with van der Waals surface area (Å²) in [7, 11) is -7.80. The van der Waals surface area contributed by atoms with Crippen molar-refractivity contribution in [2.75, 3.05) is 13.2 Å². The van der Waals surface area contributed by atoms with Gasteiger partial charge >= 0.3 is 12.4 Å². The molecule has 0 saturated carbocycles. The Balaban J connectivity index is 0.000000198. The Morgan fingerprint density at radius 2 is 0.854 bits per heavy atom. The second-order valence-corrected chi connectivity index (χ2v) is 23.6. The van der Waals surface area contributed by atoms with Crippen molar-refractivity contribution in [1.29, 1.82) is 0 Å². The van der Waals surface area contributed by atoms with E-state index in [0.29, 0.717) is 80.6 Å². The number of benzene rings is 4. The summed E-state index contributed by atoms with van der Waals surface area (Å²) in [5.41, 5.74) is 2.60. The van der Waals surface area contributed by atoms with Gasteiger partial charge in [0.05, 0.1) is 71.1 Å². The van der Waals surface area contributed by atoms with Crippen LogP contribution in [0.1, 0.15) is 97.4 Å². The number of aromatic nitrogens is 6. The van der Waals surface area contributed by atoms with Gasteiger partial charge in [0.2, 0.25) is 11.8 Å². The highest BCUT2D eigenvalue weighted by molar-refractivity contribution is 7.91. The van der Waals surface area contributed by atoms with Gasteiger partial charge in [0, 0.05) is 58.6 Å². The standard InChI is InChI=1S/2C29H25F4N3O4S/c2*1-17(2)40-28-8-3-18(13-36-28)25-11-19(29(31,32)33)4-6-22(25)23-9-10-39-26-12-21(5-7-24(23)26)41(37,38)16-27-34-14-20(30)15-35-27/h2*3-8,11-15,17,23H,9-10,16H2,1-2H3/t2*23-/m10/s1. The second-order valence-electron chi connectivity index (χ2n) is 19.6. The molecule has 10 rings (SSSR count). The minimum absolute atomic E-state index is 0.0394. The molecule has 0 bridgehead atoms. The normalized spacial score (nSPS) is 15.3.